The van der Waals surface area contributed by atoms with E-state index < -0.39 is 0 Å². The van der Waals surface area contributed by atoms with Crippen LogP contribution in [0.2, 0.25) is 0 Å². The number of anilines is 2. The van der Waals surface area contributed by atoms with Crippen molar-refractivity contribution in [2.75, 3.05) is 56.2 Å². The van der Waals surface area contributed by atoms with Crippen molar-refractivity contribution in [1.29, 1.82) is 5.26 Å². The lowest BCUT2D eigenvalue weighted by molar-refractivity contribution is 0.187. The Bertz CT molecular complexity index is 1350. The Morgan fingerprint density at radius 3 is 2.79 bits per heavy atom. The lowest BCUT2D eigenvalue weighted by Crippen LogP contribution is -2.51. The van der Waals surface area contributed by atoms with Crippen LogP contribution < -0.4 is 19.9 Å². The monoisotopic (exact) mass is 511 g/mol. The fraction of sp³-hybridized carbons (Fsp3) is 0.500. The maximum atomic E-state index is 9.28. The molecule has 0 aliphatic carbocycles. The van der Waals surface area contributed by atoms with Crippen LogP contribution in [0.1, 0.15) is 36.1 Å². The van der Waals surface area contributed by atoms with Crippen molar-refractivity contribution in [2.45, 2.75) is 51.2 Å². The molecule has 2 saturated heterocycles. The van der Waals surface area contributed by atoms with Crippen molar-refractivity contribution in [3.8, 4) is 12.1 Å². The first kappa shape index (κ1) is 24.9. The van der Waals surface area contributed by atoms with Crippen molar-refractivity contribution in [1.82, 2.24) is 20.2 Å². The Balaban J connectivity index is 1.34. The number of aromatic nitrogens is 2. The molecule has 8 heteroatoms. The fourth-order valence-electron chi connectivity index (χ4n) is 6.31. The van der Waals surface area contributed by atoms with Gasteiger partial charge in [0.2, 0.25) is 0 Å². The highest BCUT2D eigenvalue weighted by atomic mass is 16.5. The first-order chi connectivity index (χ1) is 18.6. The van der Waals surface area contributed by atoms with Gasteiger partial charge in [-0.05, 0) is 56.8 Å². The zero-order valence-corrected chi connectivity index (χ0v) is 22.5. The van der Waals surface area contributed by atoms with Gasteiger partial charge in [0.15, 0.2) is 0 Å². The third-order valence-electron chi connectivity index (χ3n) is 8.42. The van der Waals surface area contributed by atoms with Crippen molar-refractivity contribution in [3.63, 3.8) is 0 Å². The molecule has 8 nitrogen and oxygen atoms in total. The Morgan fingerprint density at radius 1 is 1.11 bits per heavy atom. The highest BCUT2D eigenvalue weighted by molar-refractivity contribution is 5.97. The molecule has 2 fully saturated rings. The standard InChI is InChI=1S/C30H37N7O/c1-21-6-3-7-22-8-4-10-27(28(21)22)36-16-12-25-26(19-36)33-30(38-20-24-9-5-15-35(24)2)34-29(25)37-17-14-32-23(18-37)11-13-31/h3-4,6-8,10,23-24,32H,5,9,11-12,14-20H2,1-2H3/t23-,24?/m0/s1. The van der Waals surface area contributed by atoms with Gasteiger partial charge in [-0.2, -0.15) is 15.2 Å². The number of benzene rings is 2. The first-order valence-electron chi connectivity index (χ1n) is 13.9. The van der Waals surface area contributed by atoms with Crippen LogP contribution in [0.3, 0.4) is 0 Å². The van der Waals surface area contributed by atoms with Crippen LogP contribution in [0.4, 0.5) is 11.5 Å². The van der Waals surface area contributed by atoms with Gasteiger partial charge in [0.05, 0.1) is 24.7 Å². The first-order valence-corrected chi connectivity index (χ1v) is 13.9. The van der Waals surface area contributed by atoms with Gasteiger partial charge in [-0.25, -0.2) is 0 Å². The Labute approximate surface area is 225 Å². The van der Waals surface area contributed by atoms with E-state index in [1.54, 1.807) is 0 Å². The zero-order chi connectivity index (χ0) is 26.1. The summed E-state index contributed by atoms with van der Waals surface area (Å²) in [5.41, 5.74) is 4.83. The Hall–Kier alpha value is -3.41. The molecule has 4 heterocycles. The second-order valence-corrected chi connectivity index (χ2v) is 10.9. The van der Waals surface area contributed by atoms with Crippen LogP contribution in [0.5, 0.6) is 6.01 Å². The van der Waals surface area contributed by atoms with Gasteiger partial charge in [-0.3, -0.25) is 0 Å². The van der Waals surface area contributed by atoms with Gasteiger partial charge in [-0.1, -0.05) is 30.3 Å². The number of nitriles is 1. The molecular formula is C30H37N7O. The molecule has 3 aromatic rings. The average Bonchev–Trinajstić information content (AvgIpc) is 3.35. The van der Waals surface area contributed by atoms with Crippen LogP contribution in [0.15, 0.2) is 36.4 Å². The van der Waals surface area contributed by atoms with E-state index in [4.69, 9.17) is 14.7 Å². The second kappa shape index (κ2) is 10.8. The topological polar surface area (TPSA) is 80.6 Å². The van der Waals surface area contributed by atoms with Crippen LogP contribution in [-0.2, 0) is 13.0 Å². The SMILES string of the molecule is Cc1cccc2cccc(N3CCc4c(nc(OCC5CCCN5C)nc4N4CCN[C@@H](CC#N)C4)C3)c12. The number of piperazine rings is 1. The van der Waals surface area contributed by atoms with E-state index >= 15 is 0 Å². The van der Waals surface area contributed by atoms with Gasteiger partial charge in [0.1, 0.15) is 12.4 Å². The van der Waals surface area contributed by atoms with Crippen molar-refractivity contribution >= 4 is 22.3 Å². The summed E-state index contributed by atoms with van der Waals surface area (Å²) in [6.45, 7) is 8.04. The van der Waals surface area contributed by atoms with Crippen LogP contribution in [0, 0.1) is 18.3 Å². The maximum absolute atomic E-state index is 9.28. The van der Waals surface area contributed by atoms with Gasteiger partial charge < -0.3 is 24.8 Å². The van der Waals surface area contributed by atoms with Crippen LogP contribution in [0.25, 0.3) is 10.8 Å². The summed E-state index contributed by atoms with van der Waals surface area (Å²) < 4.78 is 6.29. The summed E-state index contributed by atoms with van der Waals surface area (Å²) in [4.78, 5) is 17.2. The number of nitrogens with zero attached hydrogens (tertiary/aromatic N) is 6. The molecule has 0 amide bonds. The number of nitrogens with one attached hydrogen (secondary N) is 1. The van der Waals surface area contributed by atoms with Gasteiger partial charge >= 0.3 is 6.01 Å². The molecule has 6 rings (SSSR count). The molecule has 0 spiro atoms. The van der Waals surface area contributed by atoms with Crippen molar-refractivity contribution in [3.05, 3.63) is 53.2 Å². The maximum Gasteiger partial charge on any atom is 0.318 e. The number of fused-ring (bicyclic) bond motifs is 2. The molecule has 0 saturated carbocycles. The molecule has 2 aromatic carbocycles. The summed E-state index contributed by atoms with van der Waals surface area (Å²) in [5.74, 6) is 0.989. The molecule has 1 aromatic heterocycles. The minimum atomic E-state index is 0.148. The lowest BCUT2D eigenvalue weighted by atomic mass is 9.99. The number of hydrogen-bond donors (Lipinski definition) is 1. The van der Waals surface area contributed by atoms with E-state index in [1.807, 2.05) is 0 Å². The van der Waals surface area contributed by atoms with E-state index in [2.05, 4.69) is 76.5 Å². The minimum absolute atomic E-state index is 0.148. The highest BCUT2D eigenvalue weighted by Gasteiger charge is 2.30. The van der Waals surface area contributed by atoms with E-state index in [9.17, 15) is 5.26 Å². The second-order valence-electron chi connectivity index (χ2n) is 10.9. The molecule has 3 aliphatic rings. The van der Waals surface area contributed by atoms with Crippen molar-refractivity contribution in [2.24, 2.45) is 0 Å². The van der Waals surface area contributed by atoms with Gasteiger partial charge in [0, 0.05) is 54.9 Å². The number of likely N-dealkylation sites (N-methyl/N-ethyl adjacent to an activating group) is 1. The van der Waals surface area contributed by atoms with Crippen molar-refractivity contribution < 1.29 is 4.74 Å². The summed E-state index contributed by atoms with van der Waals surface area (Å²) in [6, 6.07) is 16.5. The highest BCUT2D eigenvalue weighted by Crippen LogP contribution is 2.35. The van der Waals surface area contributed by atoms with E-state index in [0.29, 0.717) is 25.1 Å². The number of likely N-dealkylation sites (tertiary alicyclic amines) is 1. The molecule has 0 radical (unpaired) electrons. The van der Waals surface area contributed by atoms with E-state index in [0.717, 1.165) is 63.6 Å². The number of aryl methyl sites for hydroxylation is 1. The molecule has 0 bridgehead atoms. The number of hydrogen-bond acceptors (Lipinski definition) is 8. The summed E-state index contributed by atoms with van der Waals surface area (Å²) in [6.07, 6.45) is 3.73. The predicted octanol–water partition coefficient (Wildman–Crippen LogP) is 3.67. The van der Waals surface area contributed by atoms with Crippen LogP contribution >= 0.6 is 0 Å². The number of ether oxygens (including phenoxy) is 1. The van der Waals surface area contributed by atoms with Crippen LogP contribution in [-0.4, -0.2) is 73.3 Å². The number of rotatable bonds is 6. The Morgan fingerprint density at radius 2 is 1.97 bits per heavy atom. The molecule has 1 unspecified atom stereocenters. The summed E-state index contributed by atoms with van der Waals surface area (Å²) in [7, 11) is 2.17. The average molecular weight is 512 g/mol. The van der Waals surface area contributed by atoms with E-state index in [1.165, 1.54) is 34.0 Å². The minimum Gasteiger partial charge on any atom is -0.462 e. The quantitative estimate of drug-likeness (QED) is 0.537. The third-order valence-corrected chi connectivity index (χ3v) is 8.42. The molecule has 38 heavy (non-hydrogen) atoms. The van der Waals surface area contributed by atoms with Gasteiger partial charge in [0.25, 0.3) is 0 Å². The summed E-state index contributed by atoms with van der Waals surface area (Å²) in [5, 5.41) is 15.3. The molecular weight excluding hydrogens is 474 g/mol. The summed E-state index contributed by atoms with van der Waals surface area (Å²) >= 11 is 0. The molecule has 1 N–H and O–H groups in total. The fourth-order valence-corrected chi connectivity index (χ4v) is 6.31. The third kappa shape index (κ3) is 4.89. The molecule has 3 aliphatic heterocycles. The Kier molecular flexibility index (Phi) is 7.05. The zero-order valence-electron chi connectivity index (χ0n) is 22.5. The predicted molar refractivity (Wildman–Crippen MR) is 151 cm³/mol. The van der Waals surface area contributed by atoms with Gasteiger partial charge in [-0.15, -0.1) is 0 Å². The largest absolute Gasteiger partial charge is 0.462 e. The normalized spacial score (nSPS) is 21.9. The smallest absolute Gasteiger partial charge is 0.318 e. The van der Waals surface area contributed by atoms with E-state index in [-0.39, 0.29) is 6.04 Å². The molecule has 198 valence electrons. The molecule has 2 atom stereocenters. The lowest BCUT2D eigenvalue weighted by Gasteiger charge is -2.37.